The number of amides is 1. The highest BCUT2D eigenvalue weighted by Gasteiger charge is 2.33. The number of pyridine rings is 2. The van der Waals surface area contributed by atoms with Crippen LogP contribution in [0.3, 0.4) is 0 Å². The number of carbonyl (C=O) groups excluding carboxylic acids is 1. The summed E-state index contributed by atoms with van der Waals surface area (Å²) in [5, 5.41) is 16.0. The monoisotopic (exact) mass is 430 g/mol. The quantitative estimate of drug-likeness (QED) is 0.613. The number of carbonyl (C=O) groups is 1. The molecule has 0 aliphatic carbocycles. The van der Waals surface area contributed by atoms with E-state index in [9.17, 15) is 10.1 Å². The van der Waals surface area contributed by atoms with Crippen molar-refractivity contribution in [1.82, 2.24) is 30.2 Å². The highest BCUT2D eigenvalue weighted by atomic mass is 16.5. The molecule has 2 fully saturated rings. The number of nitrogens with one attached hydrogen (secondary N) is 2. The number of nitrogens with zero attached hydrogens (tertiary/aromatic N) is 6. The zero-order chi connectivity index (χ0) is 22.1. The molecule has 3 aromatic rings. The Bertz CT molecular complexity index is 1220. The molecule has 32 heavy (non-hydrogen) atoms. The lowest BCUT2D eigenvalue weighted by Crippen LogP contribution is -2.51. The first-order valence-corrected chi connectivity index (χ1v) is 10.5. The molecule has 5 rings (SSSR count). The Kier molecular flexibility index (Phi) is 5.25. The lowest BCUT2D eigenvalue weighted by molar-refractivity contribution is -0.135. The van der Waals surface area contributed by atoms with Crippen molar-refractivity contribution in [3.8, 4) is 23.2 Å². The molecular weight excluding hydrogens is 408 g/mol. The van der Waals surface area contributed by atoms with Crippen LogP contribution in [-0.4, -0.2) is 70.1 Å². The second-order valence-corrected chi connectivity index (χ2v) is 7.95. The molecule has 2 aliphatic heterocycles. The molecule has 0 aromatic carbocycles. The number of methoxy groups -OCH3 is 1. The maximum atomic E-state index is 12.5. The van der Waals surface area contributed by atoms with Crippen LogP contribution in [0.1, 0.15) is 12.0 Å². The number of rotatable bonds is 5. The van der Waals surface area contributed by atoms with Gasteiger partial charge in [0.1, 0.15) is 23.5 Å². The predicted octanol–water partition coefficient (Wildman–Crippen LogP) is 1.20. The molecule has 0 bridgehead atoms. The van der Waals surface area contributed by atoms with Crippen molar-refractivity contribution >= 4 is 22.8 Å². The van der Waals surface area contributed by atoms with E-state index in [1.54, 1.807) is 12.3 Å². The SMILES string of the molecule is COc1ncc(-c2ccc3ncnc(N[C@H]4CCN(C(=O)C5CNC5)C4)c3n2)cc1C#N. The topological polar surface area (TPSA) is 129 Å². The van der Waals surface area contributed by atoms with Gasteiger partial charge in [-0.05, 0) is 24.6 Å². The molecule has 0 radical (unpaired) electrons. The van der Waals surface area contributed by atoms with E-state index in [2.05, 4.69) is 31.7 Å². The van der Waals surface area contributed by atoms with Crippen molar-refractivity contribution in [2.45, 2.75) is 12.5 Å². The van der Waals surface area contributed by atoms with E-state index in [4.69, 9.17) is 9.72 Å². The van der Waals surface area contributed by atoms with E-state index in [0.29, 0.717) is 40.2 Å². The summed E-state index contributed by atoms with van der Waals surface area (Å²) in [5.41, 5.74) is 3.03. The molecule has 3 aromatic heterocycles. The van der Waals surface area contributed by atoms with Gasteiger partial charge in [0.25, 0.3) is 0 Å². The van der Waals surface area contributed by atoms with Crippen LogP contribution in [0.25, 0.3) is 22.3 Å². The van der Waals surface area contributed by atoms with Gasteiger partial charge in [-0.2, -0.15) is 5.26 Å². The number of hydrogen-bond donors (Lipinski definition) is 2. The normalized spacial score (nSPS) is 18.2. The number of anilines is 1. The number of likely N-dealkylation sites (tertiary alicyclic amines) is 1. The number of hydrogen-bond acceptors (Lipinski definition) is 9. The van der Waals surface area contributed by atoms with Crippen molar-refractivity contribution in [3.05, 3.63) is 36.3 Å². The second-order valence-electron chi connectivity index (χ2n) is 7.95. The third-order valence-electron chi connectivity index (χ3n) is 5.91. The summed E-state index contributed by atoms with van der Waals surface area (Å²) in [6.45, 7) is 2.92. The molecule has 5 heterocycles. The van der Waals surface area contributed by atoms with Gasteiger partial charge < -0.3 is 20.3 Å². The van der Waals surface area contributed by atoms with E-state index in [-0.39, 0.29) is 23.7 Å². The first kappa shape index (κ1) is 20.1. The largest absolute Gasteiger partial charge is 0.480 e. The molecule has 2 N–H and O–H groups in total. The third-order valence-corrected chi connectivity index (χ3v) is 5.91. The van der Waals surface area contributed by atoms with Crippen LogP contribution in [0, 0.1) is 17.2 Å². The first-order valence-electron chi connectivity index (χ1n) is 10.5. The zero-order valence-electron chi connectivity index (χ0n) is 17.6. The van der Waals surface area contributed by atoms with Crippen molar-refractivity contribution in [3.63, 3.8) is 0 Å². The number of nitriles is 1. The average molecular weight is 430 g/mol. The van der Waals surface area contributed by atoms with Gasteiger partial charge in [0.2, 0.25) is 11.8 Å². The summed E-state index contributed by atoms with van der Waals surface area (Å²) in [6, 6.07) is 7.61. The summed E-state index contributed by atoms with van der Waals surface area (Å²) < 4.78 is 5.13. The van der Waals surface area contributed by atoms with Gasteiger partial charge in [-0.25, -0.2) is 19.9 Å². The Morgan fingerprint density at radius 2 is 2.19 bits per heavy atom. The highest BCUT2D eigenvalue weighted by Crippen LogP contribution is 2.27. The number of ether oxygens (including phenoxy) is 1. The maximum absolute atomic E-state index is 12.5. The van der Waals surface area contributed by atoms with Crippen molar-refractivity contribution < 1.29 is 9.53 Å². The van der Waals surface area contributed by atoms with Crippen LogP contribution in [0.5, 0.6) is 5.88 Å². The minimum absolute atomic E-state index is 0.100. The molecule has 162 valence electrons. The minimum Gasteiger partial charge on any atom is -0.480 e. The Morgan fingerprint density at radius 3 is 2.94 bits per heavy atom. The average Bonchev–Trinajstić information content (AvgIpc) is 3.26. The van der Waals surface area contributed by atoms with Gasteiger partial charge in [-0.1, -0.05) is 0 Å². The van der Waals surface area contributed by atoms with Gasteiger partial charge in [-0.15, -0.1) is 0 Å². The molecule has 1 amide bonds. The van der Waals surface area contributed by atoms with E-state index in [1.807, 2.05) is 17.0 Å². The molecule has 2 saturated heterocycles. The van der Waals surface area contributed by atoms with Gasteiger partial charge in [-0.3, -0.25) is 4.79 Å². The second kappa shape index (κ2) is 8.36. The van der Waals surface area contributed by atoms with Crippen molar-refractivity contribution in [2.75, 3.05) is 38.6 Å². The van der Waals surface area contributed by atoms with Gasteiger partial charge in [0, 0.05) is 44.0 Å². The lowest BCUT2D eigenvalue weighted by Gasteiger charge is -2.30. The minimum atomic E-state index is 0.100. The highest BCUT2D eigenvalue weighted by molar-refractivity contribution is 5.87. The van der Waals surface area contributed by atoms with Gasteiger partial charge in [0.15, 0.2) is 5.82 Å². The van der Waals surface area contributed by atoms with E-state index in [1.165, 1.54) is 13.4 Å². The fourth-order valence-electron chi connectivity index (χ4n) is 4.03. The Labute approximate surface area is 184 Å². The molecule has 2 aliphatic rings. The summed E-state index contributed by atoms with van der Waals surface area (Å²) in [4.78, 5) is 32.1. The van der Waals surface area contributed by atoms with Crippen molar-refractivity contribution in [2.24, 2.45) is 5.92 Å². The predicted molar refractivity (Wildman–Crippen MR) is 117 cm³/mol. The van der Waals surface area contributed by atoms with Crippen LogP contribution in [-0.2, 0) is 4.79 Å². The Hall–Kier alpha value is -3.84. The van der Waals surface area contributed by atoms with E-state index < -0.39 is 0 Å². The summed E-state index contributed by atoms with van der Waals surface area (Å²) in [6.07, 6.45) is 3.98. The maximum Gasteiger partial charge on any atom is 0.231 e. The smallest absolute Gasteiger partial charge is 0.231 e. The van der Waals surface area contributed by atoms with Crippen LogP contribution < -0.4 is 15.4 Å². The molecule has 1 atom stereocenters. The summed E-state index contributed by atoms with van der Waals surface area (Å²) in [5.74, 6) is 1.24. The lowest BCUT2D eigenvalue weighted by atomic mass is 10.0. The molecule has 10 nitrogen and oxygen atoms in total. The van der Waals surface area contributed by atoms with E-state index >= 15 is 0 Å². The molecule has 0 saturated carbocycles. The summed E-state index contributed by atoms with van der Waals surface area (Å²) >= 11 is 0. The van der Waals surface area contributed by atoms with Gasteiger partial charge >= 0.3 is 0 Å². The zero-order valence-corrected chi connectivity index (χ0v) is 17.6. The molecule has 0 spiro atoms. The van der Waals surface area contributed by atoms with Crippen LogP contribution >= 0.6 is 0 Å². The van der Waals surface area contributed by atoms with Crippen LogP contribution in [0.2, 0.25) is 0 Å². The van der Waals surface area contributed by atoms with Crippen LogP contribution in [0.15, 0.2) is 30.7 Å². The molecule has 10 heteroatoms. The molecular formula is C22H22N8O2. The fraction of sp³-hybridized carbons (Fsp3) is 0.364. The van der Waals surface area contributed by atoms with Crippen LogP contribution in [0.4, 0.5) is 5.82 Å². The Balaban J connectivity index is 1.40. The number of aromatic nitrogens is 4. The molecule has 0 unspecified atom stereocenters. The third kappa shape index (κ3) is 3.67. The Morgan fingerprint density at radius 1 is 1.31 bits per heavy atom. The number of fused-ring (bicyclic) bond motifs is 1. The standard InChI is InChI=1S/C22H22N8O2/c1-32-21-13(7-23)6-14(10-25-21)17-2-3-18-19(29-17)20(27-12-26-18)28-16-4-5-30(11-16)22(31)15-8-24-9-15/h2-3,6,10,12,15-16,24H,4-5,8-9,11H2,1H3,(H,26,27,28)/t16-/m0/s1. The first-order chi connectivity index (χ1) is 15.7. The van der Waals surface area contributed by atoms with Gasteiger partial charge in [0.05, 0.1) is 24.2 Å². The van der Waals surface area contributed by atoms with Crippen molar-refractivity contribution in [1.29, 1.82) is 5.26 Å². The fourth-order valence-corrected chi connectivity index (χ4v) is 4.03. The van der Waals surface area contributed by atoms with E-state index in [0.717, 1.165) is 26.1 Å². The summed E-state index contributed by atoms with van der Waals surface area (Å²) in [7, 11) is 1.48.